The summed E-state index contributed by atoms with van der Waals surface area (Å²) in [4.78, 5) is 33.6. The third kappa shape index (κ3) is 5.76. The monoisotopic (exact) mass is 341 g/mol. The van der Waals surface area contributed by atoms with E-state index in [0.29, 0.717) is 0 Å². The summed E-state index contributed by atoms with van der Waals surface area (Å²) in [5, 5.41) is 19.9. The normalized spacial score (nSPS) is 11.5. The molecule has 0 bridgehead atoms. The Bertz CT molecular complexity index is 740. The van der Waals surface area contributed by atoms with E-state index in [1.54, 1.807) is 0 Å². The van der Waals surface area contributed by atoms with E-state index in [4.69, 9.17) is 10.2 Å². The minimum atomic E-state index is -1.17. The molecular weight excluding hydrogens is 322 g/mol. The van der Waals surface area contributed by atoms with E-state index in [1.807, 2.05) is 54.6 Å². The first-order chi connectivity index (χ1) is 12.0. The summed E-state index contributed by atoms with van der Waals surface area (Å²) in [6, 6.07) is 17.3. The number of carboxylic acids is 2. The lowest BCUT2D eigenvalue weighted by Gasteiger charge is -2.14. The SMILES string of the molecule is O=C(O)CNC(=O)[C@@H](CC(=O)O)Cc1ccc(-c2ccccc2)cc1. The van der Waals surface area contributed by atoms with Crippen LogP contribution in [-0.4, -0.2) is 34.6 Å². The van der Waals surface area contributed by atoms with E-state index in [9.17, 15) is 14.4 Å². The number of carbonyl (C=O) groups excluding carboxylic acids is 1. The molecule has 2 aromatic rings. The zero-order valence-electron chi connectivity index (χ0n) is 13.5. The van der Waals surface area contributed by atoms with Crippen molar-refractivity contribution in [1.82, 2.24) is 5.32 Å². The van der Waals surface area contributed by atoms with Crippen LogP contribution in [0.1, 0.15) is 12.0 Å². The molecule has 0 aliphatic rings. The maximum atomic E-state index is 12.0. The number of nitrogens with one attached hydrogen (secondary N) is 1. The Labute approximate surface area is 145 Å². The lowest BCUT2D eigenvalue weighted by molar-refractivity contribution is -0.141. The molecule has 0 fully saturated rings. The van der Waals surface area contributed by atoms with Crippen LogP contribution < -0.4 is 5.32 Å². The first-order valence-corrected chi connectivity index (χ1v) is 7.81. The predicted octanol–water partition coefficient (Wildman–Crippen LogP) is 2.19. The average molecular weight is 341 g/mol. The smallest absolute Gasteiger partial charge is 0.322 e. The Kier molecular flexibility index (Phi) is 6.28. The number of hydrogen-bond donors (Lipinski definition) is 3. The van der Waals surface area contributed by atoms with Crippen molar-refractivity contribution in [2.24, 2.45) is 5.92 Å². The number of aliphatic carboxylic acids is 2. The highest BCUT2D eigenvalue weighted by molar-refractivity contribution is 5.86. The Morgan fingerprint density at radius 2 is 1.44 bits per heavy atom. The first kappa shape index (κ1) is 18.2. The Balaban J connectivity index is 2.08. The summed E-state index contributed by atoms with van der Waals surface area (Å²) < 4.78 is 0. The Morgan fingerprint density at radius 1 is 0.840 bits per heavy atom. The Hall–Kier alpha value is -3.15. The van der Waals surface area contributed by atoms with E-state index in [2.05, 4.69) is 5.32 Å². The zero-order chi connectivity index (χ0) is 18.2. The topological polar surface area (TPSA) is 104 Å². The van der Waals surface area contributed by atoms with Gasteiger partial charge in [0.25, 0.3) is 0 Å². The molecule has 1 atom stereocenters. The summed E-state index contributed by atoms with van der Waals surface area (Å²) in [6.45, 7) is -0.526. The number of carbonyl (C=O) groups is 3. The van der Waals surface area contributed by atoms with Crippen LogP contribution in [0.25, 0.3) is 11.1 Å². The van der Waals surface area contributed by atoms with Gasteiger partial charge in [0, 0.05) is 0 Å². The van der Waals surface area contributed by atoms with Crippen LogP contribution in [0.4, 0.5) is 0 Å². The van der Waals surface area contributed by atoms with Crippen LogP contribution in [-0.2, 0) is 20.8 Å². The molecule has 3 N–H and O–H groups in total. The Morgan fingerprint density at radius 3 is 2.00 bits per heavy atom. The van der Waals surface area contributed by atoms with Gasteiger partial charge in [-0.1, -0.05) is 54.6 Å². The summed E-state index contributed by atoms with van der Waals surface area (Å²) in [6.07, 6.45) is -0.126. The van der Waals surface area contributed by atoms with Gasteiger partial charge in [0.15, 0.2) is 0 Å². The number of carboxylic acid groups (broad SMARTS) is 2. The molecule has 0 heterocycles. The van der Waals surface area contributed by atoms with Crippen molar-refractivity contribution in [3.8, 4) is 11.1 Å². The van der Waals surface area contributed by atoms with Crippen molar-refractivity contribution >= 4 is 17.8 Å². The molecule has 0 aliphatic carbocycles. The third-order valence-corrected chi connectivity index (χ3v) is 3.75. The van der Waals surface area contributed by atoms with Crippen LogP contribution in [0.2, 0.25) is 0 Å². The summed E-state index contributed by atoms with van der Waals surface area (Å²) >= 11 is 0. The van der Waals surface area contributed by atoms with Crippen LogP contribution >= 0.6 is 0 Å². The lowest BCUT2D eigenvalue weighted by atomic mass is 9.94. The summed E-state index contributed by atoms with van der Waals surface area (Å²) in [7, 11) is 0. The van der Waals surface area contributed by atoms with Gasteiger partial charge in [-0.25, -0.2) is 0 Å². The van der Waals surface area contributed by atoms with Crippen LogP contribution in [0, 0.1) is 5.92 Å². The molecule has 6 nitrogen and oxygen atoms in total. The summed E-state index contributed by atoms with van der Waals surface area (Å²) in [5.74, 6) is -3.66. The molecule has 2 rings (SSSR count). The minimum Gasteiger partial charge on any atom is -0.481 e. The van der Waals surface area contributed by atoms with Crippen molar-refractivity contribution in [3.63, 3.8) is 0 Å². The molecule has 6 heteroatoms. The van der Waals surface area contributed by atoms with Gasteiger partial charge in [0.1, 0.15) is 6.54 Å². The highest BCUT2D eigenvalue weighted by Crippen LogP contribution is 2.21. The molecule has 0 radical (unpaired) electrons. The second kappa shape index (κ2) is 8.63. The quantitative estimate of drug-likeness (QED) is 0.683. The van der Waals surface area contributed by atoms with Crippen LogP contribution in [0.5, 0.6) is 0 Å². The van der Waals surface area contributed by atoms with Gasteiger partial charge in [-0.15, -0.1) is 0 Å². The first-order valence-electron chi connectivity index (χ1n) is 7.81. The van der Waals surface area contributed by atoms with Gasteiger partial charge >= 0.3 is 11.9 Å². The lowest BCUT2D eigenvalue weighted by Crippen LogP contribution is -2.36. The van der Waals surface area contributed by atoms with Crippen molar-refractivity contribution in [1.29, 1.82) is 0 Å². The minimum absolute atomic E-state index is 0.229. The van der Waals surface area contributed by atoms with E-state index >= 15 is 0 Å². The molecule has 0 spiro atoms. The molecule has 0 aromatic heterocycles. The molecule has 1 amide bonds. The molecule has 0 saturated carbocycles. The van der Waals surface area contributed by atoms with E-state index in [-0.39, 0.29) is 12.8 Å². The van der Waals surface area contributed by atoms with Gasteiger partial charge in [-0.3, -0.25) is 14.4 Å². The van der Waals surface area contributed by atoms with E-state index in [1.165, 1.54) is 0 Å². The van der Waals surface area contributed by atoms with Gasteiger partial charge in [0.05, 0.1) is 12.3 Å². The van der Waals surface area contributed by atoms with Gasteiger partial charge in [-0.05, 0) is 23.1 Å². The highest BCUT2D eigenvalue weighted by atomic mass is 16.4. The zero-order valence-corrected chi connectivity index (χ0v) is 13.5. The number of benzene rings is 2. The fourth-order valence-electron chi connectivity index (χ4n) is 2.52. The average Bonchev–Trinajstić information content (AvgIpc) is 2.60. The second-order valence-electron chi connectivity index (χ2n) is 5.67. The van der Waals surface area contributed by atoms with Crippen molar-refractivity contribution < 1.29 is 24.6 Å². The predicted molar refractivity (Wildman–Crippen MR) is 92.0 cm³/mol. The molecule has 130 valence electrons. The van der Waals surface area contributed by atoms with Crippen LogP contribution in [0.3, 0.4) is 0 Å². The largest absolute Gasteiger partial charge is 0.481 e. The molecule has 25 heavy (non-hydrogen) atoms. The van der Waals surface area contributed by atoms with Gasteiger partial charge in [-0.2, -0.15) is 0 Å². The van der Waals surface area contributed by atoms with Crippen LogP contribution in [0.15, 0.2) is 54.6 Å². The van der Waals surface area contributed by atoms with Gasteiger partial charge < -0.3 is 15.5 Å². The molecule has 0 aliphatic heterocycles. The fraction of sp³-hybridized carbons (Fsp3) is 0.211. The second-order valence-corrected chi connectivity index (χ2v) is 5.67. The fourth-order valence-corrected chi connectivity index (χ4v) is 2.52. The summed E-state index contributed by atoms with van der Waals surface area (Å²) in [5.41, 5.74) is 2.90. The van der Waals surface area contributed by atoms with Crippen molar-refractivity contribution in [2.45, 2.75) is 12.8 Å². The molecule has 0 unspecified atom stereocenters. The van der Waals surface area contributed by atoms with E-state index in [0.717, 1.165) is 16.7 Å². The molecule has 0 saturated heterocycles. The number of hydrogen-bond acceptors (Lipinski definition) is 3. The highest BCUT2D eigenvalue weighted by Gasteiger charge is 2.22. The van der Waals surface area contributed by atoms with E-state index < -0.39 is 30.3 Å². The van der Waals surface area contributed by atoms with Crippen molar-refractivity contribution in [3.05, 3.63) is 60.2 Å². The van der Waals surface area contributed by atoms with Gasteiger partial charge in [0.2, 0.25) is 5.91 Å². The number of rotatable bonds is 8. The standard InChI is InChI=1S/C19H19NO5/c21-17(22)11-16(19(25)20-12-18(23)24)10-13-6-8-15(9-7-13)14-4-2-1-3-5-14/h1-9,16H,10-12H2,(H,20,25)(H,21,22)(H,23,24)/t16-/m1/s1. The molecular formula is C19H19NO5. The van der Waals surface area contributed by atoms with Crippen molar-refractivity contribution in [2.75, 3.05) is 6.54 Å². The third-order valence-electron chi connectivity index (χ3n) is 3.75. The maximum absolute atomic E-state index is 12.0. The maximum Gasteiger partial charge on any atom is 0.322 e. The molecule has 2 aromatic carbocycles. The number of amides is 1.